The highest BCUT2D eigenvalue weighted by Gasteiger charge is 2.48. The maximum Gasteiger partial charge on any atom is 0.248 e. The topological polar surface area (TPSA) is 49.4 Å². The lowest BCUT2D eigenvalue weighted by Gasteiger charge is -2.48. The third-order valence-corrected chi connectivity index (χ3v) is 5.47. The van der Waals surface area contributed by atoms with Crippen LogP contribution in [0.25, 0.3) is 0 Å². The number of carbonyl (C=O) groups excluding carboxylic acids is 2. The Bertz CT molecular complexity index is 368. The molecule has 0 aliphatic carbocycles. The van der Waals surface area contributed by atoms with Gasteiger partial charge < -0.3 is 10.2 Å². The second-order valence-electron chi connectivity index (χ2n) is 5.65. The zero-order valence-electron chi connectivity index (χ0n) is 12.1. The molecule has 0 radical (unpaired) electrons. The Morgan fingerprint density at radius 2 is 1.95 bits per heavy atom. The van der Waals surface area contributed by atoms with Gasteiger partial charge in [0.1, 0.15) is 11.6 Å². The molecule has 2 heterocycles. The van der Waals surface area contributed by atoms with Crippen LogP contribution in [-0.4, -0.2) is 45.8 Å². The number of amides is 2. The molecule has 0 aromatic carbocycles. The summed E-state index contributed by atoms with van der Waals surface area (Å²) in [6.45, 7) is 5.79. The molecule has 2 unspecified atom stereocenters. The van der Waals surface area contributed by atoms with Crippen LogP contribution >= 0.6 is 11.8 Å². The lowest BCUT2D eigenvalue weighted by Crippen LogP contribution is -2.71. The minimum absolute atomic E-state index is 0.0182. The maximum absolute atomic E-state index is 12.8. The van der Waals surface area contributed by atoms with Crippen LogP contribution in [0, 0.1) is 0 Å². The SMILES string of the molecule is CCC1C(=O)NC(C)(CC)C(=O)N1C1CCSCC1. The van der Waals surface area contributed by atoms with Crippen LogP contribution in [0.1, 0.15) is 46.5 Å². The maximum atomic E-state index is 12.8. The van der Waals surface area contributed by atoms with Crippen molar-refractivity contribution in [1.82, 2.24) is 10.2 Å². The Morgan fingerprint density at radius 3 is 2.47 bits per heavy atom. The molecule has 0 saturated carbocycles. The van der Waals surface area contributed by atoms with Crippen molar-refractivity contribution >= 4 is 23.6 Å². The van der Waals surface area contributed by atoms with Crippen molar-refractivity contribution in [3.8, 4) is 0 Å². The molecule has 2 aliphatic heterocycles. The highest BCUT2D eigenvalue weighted by Crippen LogP contribution is 2.30. The number of carbonyl (C=O) groups is 2. The predicted molar refractivity (Wildman–Crippen MR) is 78.1 cm³/mol. The molecule has 5 heteroatoms. The van der Waals surface area contributed by atoms with Gasteiger partial charge in [-0.2, -0.15) is 11.8 Å². The first kappa shape index (κ1) is 14.7. The van der Waals surface area contributed by atoms with Crippen molar-refractivity contribution in [2.75, 3.05) is 11.5 Å². The molecule has 0 aromatic heterocycles. The van der Waals surface area contributed by atoms with E-state index >= 15 is 0 Å². The predicted octanol–water partition coefficient (Wildman–Crippen LogP) is 1.79. The highest BCUT2D eigenvalue weighted by atomic mass is 32.2. The first-order valence-corrected chi connectivity index (χ1v) is 8.41. The van der Waals surface area contributed by atoms with Crippen molar-refractivity contribution in [3.05, 3.63) is 0 Å². The highest BCUT2D eigenvalue weighted by molar-refractivity contribution is 7.99. The number of thioether (sulfide) groups is 1. The quantitative estimate of drug-likeness (QED) is 0.859. The normalized spacial score (nSPS) is 33.4. The van der Waals surface area contributed by atoms with Crippen molar-refractivity contribution < 1.29 is 9.59 Å². The fourth-order valence-electron chi connectivity index (χ4n) is 2.97. The number of hydrogen-bond donors (Lipinski definition) is 1. The summed E-state index contributed by atoms with van der Waals surface area (Å²) in [4.78, 5) is 27.0. The van der Waals surface area contributed by atoms with E-state index in [-0.39, 0.29) is 23.9 Å². The van der Waals surface area contributed by atoms with E-state index in [1.165, 1.54) is 0 Å². The van der Waals surface area contributed by atoms with E-state index in [2.05, 4.69) is 5.32 Å². The molecule has 2 atom stereocenters. The van der Waals surface area contributed by atoms with E-state index in [4.69, 9.17) is 0 Å². The van der Waals surface area contributed by atoms with Gasteiger partial charge in [-0.25, -0.2) is 0 Å². The van der Waals surface area contributed by atoms with Gasteiger partial charge in [0.15, 0.2) is 0 Å². The molecule has 108 valence electrons. The smallest absolute Gasteiger partial charge is 0.248 e. The minimum Gasteiger partial charge on any atom is -0.340 e. The standard InChI is InChI=1S/C14H24N2O2S/c1-4-11-12(17)15-14(3,5-2)13(18)16(11)10-6-8-19-9-7-10/h10-11H,4-9H2,1-3H3,(H,15,17). The van der Waals surface area contributed by atoms with Crippen molar-refractivity contribution in [2.45, 2.75) is 64.1 Å². The van der Waals surface area contributed by atoms with Gasteiger partial charge in [-0.1, -0.05) is 13.8 Å². The third kappa shape index (κ3) is 2.62. The van der Waals surface area contributed by atoms with Crippen LogP contribution < -0.4 is 5.32 Å². The minimum atomic E-state index is -0.715. The number of hydrogen-bond acceptors (Lipinski definition) is 3. The van der Waals surface area contributed by atoms with Crippen LogP contribution in [-0.2, 0) is 9.59 Å². The van der Waals surface area contributed by atoms with Crippen LogP contribution in [0.15, 0.2) is 0 Å². The van der Waals surface area contributed by atoms with Crippen molar-refractivity contribution in [3.63, 3.8) is 0 Å². The summed E-state index contributed by atoms with van der Waals surface area (Å²) in [6, 6.07) is -0.0316. The lowest BCUT2D eigenvalue weighted by molar-refractivity contribution is -0.157. The van der Waals surface area contributed by atoms with Crippen LogP contribution in [0.3, 0.4) is 0 Å². The molecule has 0 bridgehead atoms. The van der Waals surface area contributed by atoms with Crippen LogP contribution in [0.4, 0.5) is 0 Å². The zero-order valence-corrected chi connectivity index (χ0v) is 12.9. The number of piperazine rings is 1. The molecular weight excluding hydrogens is 260 g/mol. The molecule has 2 amide bonds. The van der Waals surface area contributed by atoms with E-state index in [0.29, 0.717) is 12.8 Å². The van der Waals surface area contributed by atoms with Crippen LogP contribution in [0.5, 0.6) is 0 Å². The molecule has 0 aromatic rings. The summed E-state index contributed by atoms with van der Waals surface area (Å²) in [5, 5.41) is 2.93. The summed E-state index contributed by atoms with van der Waals surface area (Å²) in [6.07, 6.45) is 3.37. The fraction of sp³-hybridized carbons (Fsp3) is 0.857. The zero-order chi connectivity index (χ0) is 14.0. The fourth-order valence-corrected chi connectivity index (χ4v) is 4.05. The number of nitrogens with one attached hydrogen (secondary N) is 1. The largest absolute Gasteiger partial charge is 0.340 e. The van der Waals surface area contributed by atoms with Crippen LogP contribution in [0.2, 0.25) is 0 Å². The monoisotopic (exact) mass is 284 g/mol. The Kier molecular flexibility index (Phi) is 4.43. The van der Waals surface area contributed by atoms with Crippen molar-refractivity contribution in [1.29, 1.82) is 0 Å². The Balaban J connectivity index is 2.28. The second kappa shape index (κ2) is 5.73. The van der Waals surface area contributed by atoms with Gasteiger partial charge in [0.25, 0.3) is 0 Å². The Morgan fingerprint density at radius 1 is 1.32 bits per heavy atom. The molecule has 19 heavy (non-hydrogen) atoms. The average Bonchev–Trinajstić information content (AvgIpc) is 2.43. The van der Waals surface area contributed by atoms with Gasteiger partial charge in [0, 0.05) is 6.04 Å². The van der Waals surface area contributed by atoms with Gasteiger partial charge in [-0.15, -0.1) is 0 Å². The van der Waals surface area contributed by atoms with Gasteiger partial charge in [0.05, 0.1) is 0 Å². The van der Waals surface area contributed by atoms with E-state index in [9.17, 15) is 9.59 Å². The van der Waals surface area contributed by atoms with E-state index in [1.807, 2.05) is 37.4 Å². The summed E-state index contributed by atoms with van der Waals surface area (Å²) in [7, 11) is 0. The molecule has 4 nitrogen and oxygen atoms in total. The molecule has 2 fully saturated rings. The summed E-state index contributed by atoms with van der Waals surface area (Å²) >= 11 is 1.94. The molecule has 2 rings (SSSR count). The Labute approximate surface area is 119 Å². The molecular formula is C14H24N2O2S. The molecule has 0 spiro atoms. The second-order valence-corrected chi connectivity index (χ2v) is 6.88. The molecule has 1 N–H and O–H groups in total. The van der Waals surface area contributed by atoms with E-state index in [0.717, 1.165) is 24.3 Å². The van der Waals surface area contributed by atoms with E-state index < -0.39 is 5.54 Å². The first-order chi connectivity index (χ1) is 9.03. The van der Waals surface area contributed by atoms with Gasteiger partial charge in [-0.3, -0.25) is 9.59 Å². The molecule has 2 saturated heterocycles. The number of nitrogens with zero attached hydrogens (tertiary/aromatic N) is 1. The average molecular weight is 284 g/mol. The number of rotatable bonds is 3. The third-order valence-electron chi connectivity index (χ3n) is 4.42. The summed E-state index contributed by atoms with van der Waals surface area (Å²) in [5.41, 5.74) is -0.715. The van der Waals surface area contributed by atoms with Gasteiger partial charge >= 0.3 is 0 Å². The lowest BCUT2D eigenvalue weighted by atomic mass is 9.89. The summed E-state index contributed by atoms with van der Waals surface area (Å²) < 4.78 is 0. The van der Waals surface area contributed by atoms with Gasteiger partial charge in [0.2, 0.25) is 11.8 Å². The van der Waals surface area contributed by atoms with Crippen molar-refractivity contribution in [2.24, 2.45) is 0 Å². The Hall–Kier alpha value is -0.710. The molecule has 2 aliphatic rings. The van der Waals surface area contributed by atoms with Gasteiger partial charge in [-0.05, 0) is 44.1 Å². The summed E-state index contributed by atoms with van der Waals surface area (Å²) in [5.74, 6) is 2.31. The van der Waals surface area contributed by atoms with E-state index in [1.54, 1.807) is 0 Å². The first-order valence-electron chi connectivity index (χ1n) is 7.26.